The van der Waals surface area contributed by atoms with Crippen LogP contribution in [0.4, 0.5) is 9.52 Å². The normalized spacial score (nSPS) is 20.4. The molecule has 7 nitrogen and oxygen atoms in total. The van der Waals surface area contributed by atoms with Crippen LogP contribution < -0.4 is 14.4 Å². The highest BCUT2D eigenvalue weighted by Crippen LogP contribution is 2.45. The summed E-state index contributed by atoms with van der Waals surface area (Å²) < 4.78 is 25.4. The summed E-state index contributed by atoms with van der Waals surface area (Å²) in [5.74, 6) is -1.02. The lowest BCUT2D eigenvalue weighted by molar-refractivity contribution is -0.132. The number of thiazole rings is 1. The standard InChI is InChI=1S/C28H21FN2O5S/c1-14-11-17-12-16(5-10-21(17)36-14)25(32)23-24(15-3-7-19(35-2)8-4-15)31(27(34)26(23)33)28-30-20-9-6-18(29)13-22(20)37-28/h3-10,12-14,24,32H,11H2,1-2H3/b25-23-. The van der Waals surface area contributed by atoms with Crippen LogP contribution in [0.2, 0.25) is 0 Å². The van der Waals surface area contributed by atoms with Crippen LogP contribution in [0.3, 0.4) is 0 Å². The van der Waals surface area contributed by atoms with E-state index in [0.717, 1.165) is 22.6 Å². The second-order valence-corrected chi connectivity index (χ2v) is 10.0. The zero-order valence-electron chi connectivity index (χ0n) is 19.9. The first kappa shape index (κ1) is 23.2. The van der Waals surface area contributed by atoms with Crippen molar-refractivity contribution in [3.05, 3.63) is 88.7 Å². The molecule has 3 aromatic carbocycles. The molecule has 186 valence electrons. The number of hydrogen-bond acceptors (Lipinski definition) is 7. The monoisotopic (exact) mass is 516 g/mol. The summed E-state index contributed by atoms with van der Waals surface area (Å²) in [6.07, 6.45) is 0.691. The van der Waals surface area contributed by atoms with Gasteiger partial charge in [-0.3, -0.25) is 14.5 Å². The van der Waals surface area contributed by atoms with E-state index in [1.807, 2.05) is 6.92 Å². The molecule has 1 fully saturated rings. The van der Waals surface area contributed by atoms with Crippen LogP contribution in [0.1, 0.15) is 29.7 Å². The van der Waals surface area contributed by atoms with Crippen LogP contribution in [0.5, 0.6) is 11.5 Å². The van der Waals surface area contributed by atoms with Crippen molar-refractivity contribution in [2.45, 2.75) is 25.5 Å². The number of anilines is 1. The minimum Gasteiger partial charge on any atom is -0.507 e. The molecule has 1 saturated heterocycles. The molecular weight excluding hydrogens is 495 g/mol. The molecular formula is C28H21FN2O5S. The first-order valence-corrected chi connectivity index (χ1v) is 12.5. The predicted octanol–water partition coefficient (Wildman–Crippen LogP) is 5.39. The number of benzene rings is 3. The number of aromatic nitrogens is 1. The van der Waals surface area contributed by atoms with E-state index in [1.165, 1.54) is 23.1 Å². The molecule has 0 saturated carbocycles. The third-order valence-electron chi connectivity index (χ3n) is 6.59. The minimum atomic E-state index is -0.945. The lowest BCUT2D eigenvalue weighted by atomic mass is 9.94. The Morgan fingerprint density at radius 2 is 1.92 bits per heavy atom. The van der Waals surface area contributed by atoms with Gasteiger partial charge in [-0.15, -0.1) is 0 Å². The number of fused-ring (bicyclic) bond motifs is 2. The van der Waals surface area contributed by atoms with E-state index < -0.39 is 23.5 Å². The summed E-state index contributed by atoms with van der Waals surface area (Å²) in [7, 11) is 1.54. The Morgan fingerprint density at radius 1 is 1.14 bits per heavy atom. The quantitative estimate of drug-likeness (QED) is 0.222. The van der Waals surface area contributed by atoms with Crippen LogP contribution in [-0.4, -0.2) is 35.0 Å². The number of aliphatic hydroxyl groups excluding tert-OH is 1. The SMILES string of the molecule is COc1ccc(C2/C(=C(/O)c3ccc4c(c3)CC(C)O4)C(=O)C(=O)N2c2nc3ccc(F)cc3s2)cc1. The molecule has 2 aliphatic heterocycles. The van der Waals surface area contributed by atoms with Crippen LogP contribution >= 0.6 is 11.3 Å². The van der Waals surface area contributed by atoms with E-state index in [-0.39, 0.29) is 22.6 Å². The highest BCUT2D eigenvalue weighted by molar-refractivity contribution is 7.22. The molecule has 2 atom stereocenters. The Hall–Kier alpha value is -4.24. The molecule has 2 unspecified atom stereocenters. The van der Waals surface area contributed by atoms with Gasteiger partial charge in [-0.1, -0.05) is 23.5 Å². The summed E-state index contributed by atoms with van der Waals surface area (Å²) >= 11 is 1.10. The number of hydrogen-bond donors (Lipinski definition) is 1. The number of rotatable bonds is 4. The number of halogens is 1. The molecule has 4 aromatic rings. The maximum Gasteiger partial charge on any atom is 0.301 e. The van der Waals surface area contributed by atoms with Crippen LogP contribution in [0.15, 0.2) is 66.2 Å². The summed E-state index contributed by atoms with van der Waals surface area (Å²) in [6.45, 7) is 1.96. The van der Waals surface area contributed by atoms with Gasteiger partial charge in [0.1, 0.15) is 29.2 Å². The molecule has 1 N–H and O–H groups in total. The zero-order chi connectivity index (χ0) is 25.8. The second kappa shape index (κ2) is 8.70. The highest BCUT2D eigenvalue weighted by atomic mass is 32.1. The number of nitrogens with zero attached hydrogens (tertiary/aromatic N) is 2. The van der Waals surface area contributed by atoms with Crippen molar-refractivity contribution < 1.29 is 28.6 Å². The molecule has 6 rings (SSSR count). The van der Waals surface area contributed by atoms with Crippen LogP contribution in [0.25, 0.3) is 16.0 Å². The van der Waals surface area contributed by atoms with Crippen molar-refractivity contribution in [1.29, 1.82) is 0 Å². The number of amides is 1. The van der Waals surface area contributed by atoms with Gasteiger partial charge in [-0.05, 0) is 66.6 Å². The molecule has 1 amide bonds. The molecule has 1 aromatic heterocycles. The minimum absolute atomic E-state index is 0.0150. The Labute approximate surface area is 215 Å². The van der Waals surface area contributed by atoms with Gasteiger partial charge in [-0.2, -0.15) is 0 Å². The molecule has 9 heteroatoms. The lowest BCUT2D eigenvalue weighted by Gasteiger charge is -2.23. The average molecular weight is 517 g/mol. The molecule has 37 heavy (non-hydrogen) atoms. The zero-order valence-corrected chi connectivity index (χ0v) is 20.7. The lowest BCUT2D eigenvalue weighted by Crippen LogP contribution is -2.29. The molecule has 0 aliphatic carbocycles. The van der Waals surface area contributed by atoms with E-state index in [4.69, 9.17) is 9.47 Å². The number of aliphatic hydroxyl groups is 1. The molecule has 3 heterocycles. The molecule has 0 radical (unpaired) electrons. The first-order chi connectivity index (χ1) is 17.8. The fourth-order valence-electron chi connectivity index (χ4n) is 4.85. The van der Waals surface area contributed by atoms with Crippen molar-refractivity contribution in [3.8, 4) is 11.5 Å². The summed E-state index contributed by atoms with van der Waals surface area (Å²) in [5, 5.41) is 11.7. The predicted molar refractivity (Wildman–Crippen MR) is 138 cm³/mol. The van der Waals surface area contributed by atoms with E-state index in [1.54, 1.807) is 49.6 Å². The fraction of sp³-hybridized carbons (Fsp3) is 0.179. The fourth-order valence-corrected chi connectivity index (χ4v) is 5.86. The second-order valence-electron chi connectivity index (χ2n) is 9.01. The summed E-state index contributed by atoms with van der Waals surface area (Å²) in [5.41, 5.74) is 2.38. The Morgan fingerprint density at radius 3 is 2.68 bits per heavy atom. The van der Waals surface area contributed by atoms with Crippen molar-refractivity contribution in [2.75, 3.05) is 12.0 Å². The number of ether oxygens (including phenoxy) is 2. The van der Waals surface area contributed by atoms with Crippen LogP contribution in [0, 0.1) is 5.82 Å². The molecule has 0 spiro atoms. The molecule has 2 aliphatic rings. The Kier molecular flexibility index (Phi) is 5.45. The smallest absolute Gasteiger partial charge is 0.301 e. The number of carbonyl (C=O) groups excluding carboxylic acids is 2. The van der Waals surface area contributed by atoms with E-state index in [9.17, 15) is 19.1 Å². The van der Waals surface area contributed by atoms with Gasteiger partial charge in [0.05, 0.1) is 28.9 Å². The topological polar surface area (TPSA) is 89.0 Å². The van der Waals surface area contributed by atoms with Gasteiger partial charge < -0.3 is 14.6 Å². The average Bonchev–Trinajstić information content (AvgIpc) is 3.55. The van der Waals surface area contributed by atoms with Crippen molar-refractivity contribution in [2.24, 2.45) is 0 Å². The number of Topliss-reactive ketones (excluding diaryl/α,β-unsaturated/α-hetero) is 1. The van der Waals surface area contributed by atoms with Gasteiger partial charge in [0.25, 0.3) is 5.78 Å². The van der Waals surface area contributed by atoms with Gasteiger partial charge in [0.15, 0.2) is 5.13 Å². The Balaban J connectivity index is 1.53. The maximum absolute atomic E-state index is 13.8. The van der Waals surface area contributed by atoms with E-state index in [2.05, 4.69) is 4.98 Å². The van der Waals surface area contributed by atoms with Crippen LogP contribution in [-0.2, 0) is 16.0 Å². The van der Waals surface area contributed by atoms with Crippen molar-refractivity contribution >= 4 is 44.1 Å². The molecule has 0 bridgehead atoms. The van der Waals surface area contributed by atoms with E-state index in [0.29, 0.717) is 33.5 Å². The third-order valence-corrected chi connectivity index (χ3v) is 7.61. The van der Waals surface area contributed by atoms with E-state index >= 15 is 0 Å². The summed E-state index contributed by atoms with van der Waals surface area (Å²) in [6, 6.07) is 15.3. The van der Waals surface area contributed by atoms with Gasteiger partial charge in [-0.25, -0.2) is 9.37 Å². The first-order valence-electron chi connectivity index (χ1n) is 11.6. The number of carbonyl (C=O) groups is 2. The number of methoxy groups -OCH3 is 1. The van der Waals surface area contributed by atoms with Crippen molar-refractivity contribution in [3.63, 3.8) is 0 Å². The largest absolute Gasteiger partial charge is 0.507 e. The van der Waals surface area contributed by atoms with Crippen molar-refractivity contribution in [1.82, 2.24) is 4.98 Å². The van der Waals surface area contributed by atoms with Gasteiger partial charge >= 0.3 is 5.91 Å². The number of ketones is 1. The summed E-state index contributed by atoms with van der Waals surface area (Å²) in [4.78, 5) is 32.6. The highest BCUT2D eigenvalue weighted by Gasteiger charge is 2.48. The Bertz CT molecular complexity index is 1610. The van der Waals surface area contributed by atoms with Gasteiger partial charge in [0, 0.05) is 12.0 Å². The van der Waals surface area contributed by atoms with Gasteiger partial charge in [0.2, 0.25) is 0 Å². The maximum atomic E-state index is 13.8. The third kappa shape index (κ3) is 3.82.